The van der Waals surface area contributed by atoms with Crippen LogP contribution in [0.3, 0.4) is 0 Å². The number of fused-ring (bicyclic) bond motifs is 1. The van der Waals surface area contributed by atoms with E-state index in [0.717, 1.165) is 10.2 Å². The molecule has 0 aliphatic carbocycles. The van der Waals surface area contributed by atoms with Gasteiger partial charge in [-0.1, -0.05) is 0 Å². The van der Waals surface area contributed by atoms with Crippen LogP contribution in [0.25, 0.3) is 10.9 Å². The lowest BCUT2D eigenvalue weighted by atomic mass is 9.78. The van der Waals surface area contributed by atoms with E-state index in [1.807, 2.05) is 27.7 Å². The molecule has 3 heterocycles. The van der Waals surface area contributed by atoms with Crippen LogP contribution in [-0.4, -0.2) is 45.5 Å². The summed E-state index contributed by atoms with van der Waals surface area (Å²) < 4.78 is 45.7. The quantitative estimate of drug-likeness (QED) is 0.547. The van der Waals surface area contributed by atoms with Gasteiger partial charge >= 0.3 is 7.12 Å². The summed E-state index contributed by atoms with van der Waals surface area (Å²) in [5.41, 5.74) is 0.261. The van der Waals surface area contributed by atoms with E-state index in [2.05, 4.69) is 15.4 Å². The highest BCUT2D eigenvalue weighted by molar-refractivity contribution is 7.92. The number of ether oxygens (including phenoxy) is 1. The van der Waals surface area contributed by atoms with Crippen molar-refractivity contribution in [2.24, 2.45) is 0 Å². The molecule has 33 heavy (non-hydrogen) atoms. The van der Waals surface area contributed by atoms with Gasteiger partial charge in [0.05, 0.1) is 42.3 Å². The zero-order chi connectivity index (χ0) is 24.0. The highest BCUT2D eigenvalue weighted by Gasteiger charge is 2.52. The summed E-state index contributed by atoms with van der Waals surface area (Å²) in [5.74, 6) is -0.900. The maximum atomic E-state index is 13.6. The fourth-order valence-electron chi connectivity index (χ4n) is 3.54. The van der Waals surface area contributed by atoms with Crippen LogP contribution in [0.1, 0.15) is 43.7 Å². The molecule has 1 saturated heterocycles. The molecule has 1 N–H and O–H groups in total. The van der Waals surface area contributed by atoms with Gasteiger partial charge in [-0.25, -0.2) is 4.39 Å². The Hall–Kier alpha value is -2.70. The summed E-state index contributed by atoms with van der Waals surface area (Å²) >= 11 is -0.0898. The molecule has 3 aromatic rings. The lowest BCUT2D eigenvalue weighted by molar-refractivity contribution is 0.00578. The minimum atomic E-state index is -0.715. The lowest BCUT2D eigenvalue weighted by Gasteiger charge is -2.32. The Morgan fingerprint density at radius 3 is 2.58 bits per heavy atom. The zero-order valence-corrected chi connectivity index (χ0v) is 19.6. The Balaban J connectivity index is 1.65. The van der Waals surface area contributed by atoms with E-state index in [9.17, 15) is 13.1 Å². The highest BCUT2D eigenvalue weighted by Crippen LogP contribution is 2.37. The van der Waals surface area contributed by atoms with E-state index in [-0.39, 0.29) is 30.2 Å². The number of rotatable bonds is 6. The molecule has 0 saturated carbocycles. The molecule has 2 aromatic heterocycles. The van der Waals surface area contributed by atoms with Crippen LogP contribution in [0.15, 0.2) is 30.6 Å². The average Bonchev–Trinajstić information content (AvgIpc) is 3.29. The number of methoxy groups -OCH3 is 1. The Kier molecular flexibility index (Phi) is 6.10. The number of hydrogen-bond donors (Lipinski definition) is 1. The number of pyridine rings is 1. The molecule has 1 aromatic carbocycles. The molecular formula is C21H23BF2N4O4S. The molecule has 0 spiro atoms. The van der Waals surface area contributed by atoms with Crippen LogP contribution in [0.5, 0.6) is 5.75 Å². The molecule has 8 nitrogen and oxygen atoms in total. The predicted molar refractivity (Wildman–Crippen MR) is 121 cm³/mol. The normalized spacial score (nSPS) is 16.9. The Morgan fingerprint density at radius 1 is 1.24 bits per heavy atom. The van der Waals surface area contributed by atoms with Crippen molar-refractivity contribution in [3.63, 3.8) is 0 Å². The minimum absolute atomic E-state index is 0.0379. The van der Waals surface area contributed by atoms with Crippen LogP contribution < -0.4 is 15.5 Å². The molecule has 0 radical (unpaired) electrons. The molecular weight excluding hydrogens is 453 g/mol. The second-order valence-electron chi connectivity index (χ2n) is 8.62. The number of aromatic nitrogens is 3. The summed E-state index contributed by atoms with van der Waals surface area (Å²) in [6, 6.07) is 3.65. The third-order valence-corrected chi connectivity index (χ3v) is 6.48. The first-order chi connectivity index (χ1) is 15.6. The third-order valence-electron chi connectivity index (χ3n) is 6.08. The SMILES string of the molecule is COc1ccc(F)cc1C(=O)NCc1ncc(B2OC(C)(C)C(C)(C)O2)c2cnn(SF)c12. The molecule has 0 unspecified atom stereocenters. The van der Waals surface area contributed by atoms with E-state index >= 15 is 0 Å². The monoisotopic (exact) mass is 476 g/mol. The van der Waals surface area contributed by atoms with Gasteiger partial charge in [0.25, 0.3) is 5.91 Å². The first-order valence-electron chi connectivity index (χ1n) is 10.2. The number of benzene rings is 1. The smallest absolute Gasteiger partial charge is 0.496 e. The van der Waals surface area contributed by atoms with Gasteiger partial charge in [-0.05, 0) is 45.9 Å². The highest BCUT2D eigenvalue weighted by atomic mass is 32.2. The first-order valence-corrected chi connectivity index (χ1v) is 10.9. The van der Waals surface area contributed by atoms with E-state index in [4.69, 9.17) is 14.0 Å². The number of carbonyl (C=O) groups is 1. The summed E-state index contributed by atoms with van der Waals surface area (Å²) in [6.45, 7) is 7.68. The molecule has 174 valence electrons. The predicted octanol–water partition coefficient (Wildman–Crippen LogP) is 3.19. The number of halogens is 2. The zero-order valence-electron chi connectivity index (χ0n) is 18.8. The van der Waals surface area contributed by atoms with Crippen molar-refractivity contribution in [3.05, 3.63) is 47.7 Å². The number of nitrogens with one attached hydrogen (secondary N) is 1. The third kappa shape index (κ3) is 4.18. The molecule has 1 fully saturated rings. The lowest BCUT2D eigenvalue weighted by Crippen LogP contribution is -2.41. The van der Waals surface area contributed by atoms with Crippen LogP contribution in [0.4, 0.5) is 8.28 Å². The van der Waals surface area contributed by atoms with Crippen molar-refractivity contribution in [2.45, 2.75) is 45.4 Å². The molecule has 1 aliphatic rings. The van der Waals surface area contributed by atoms with Crippen molar-refractivity contribution >= 4 is 41.7 Å². The van der Waals surface area contributed by atoms with Gasteiger partial charge in [0, 0.05) is 17.0 Å². The fraction of sp³-hybridized carbons (Fsp3) is 0.381. The van der Waals surface area contributed by atoms with E-state index in [1.54, 1.807) is 6.20 Å². The van der Waals surface area contributed by atoms with Crippen molar-refractivity contribution in [3.8, 4) is 5.75 Å². The van der Waals surface area contributed by atoms with Crippen LogP contribution in [0.2, 0.25) is 0 Å². The Morgan fingerprint density at radius 2 is 1.94 bits per heavy atom. The van der Waals surface area contributed by atoms with E-state index in [1.165, 1.54) is 25.4 Å². The van der Waals surface area contributed by atoms with E-state index in [0.29, 0.717) is 22.1 Å². The molecule has 0 atom stereocenters. The largest absolute Gasteiger partial charge is 0.497 e. The molecule has 12 heteroatoms. The fourth-order valence-corrected chi connectivity index (χ4v) is 3.90. The molecule has 1 aliphatic heterocycles. The van der Waals surface area contributed by atoms with Crippen molar-refractivity contribution in [1.82, 2.24) is 19.5 Å². The van der Waals surface area contributed by atoms with Crippen LogP contribution >= 0.6 is 12.3 Å². The standard InChI is InChI=1S/C21H23BF2N4O4S/c1-20(2)21(3,4)32-22(31-20)15-10-25-16(18-14(15)9-27-28(18)33-24)11-26-19(29)13-8-12(23)6-7-17(13)30-5/h6-10H,11H2,1-5H3,(H,26,29). The topological polar surface area (TPSA) is 87.5 Å². The van der Waals surface area contributed by atoms with Gasteiger partial charge in [-0.15, -0.1) is 3.89 Å². The Labute approximate surface area is 194 Å². The van der Waals surface area contributed by atoms with Crippen LogP contribution in [-0.2, 0) is 15.9 Å². The van der Waals surface area contributed by atoms with E-state index < -0.39 is 30.0 Å². The summed E-state index contributed by atoms with van der Waals surface area (Å²) in [5, 5.41) is 7.34. The van der Waals surface area contributed by atoms with Crippen LogP contribution in [0, 0.1) is 5.82 Å². The molecule has 1 amide bonds. The first kappa shape index (κ1) is 23.5. The Bertz CT molecular complexity index is 1200. The summed E-state index contributed by atoms with van der Waals surface area (Å²) in [7, 11) is 0.674. The van der Waals surface area contributed by atoms with Crippen molar-refractivity contribution in [1.29, 1.82) is 0 Å². The van der Waals surface area contributed by atoms with Gasteiger partial charge in [-0.3, -0.25) is 9.78 Å². The number of amides is 1. The average molecular weight is 476 g/mol. The van der Waals surface area contributed by atoms with Gasteiger partial charge in [0.1, 0.15) is 17.1 Å². The van der Waals surface area contributed by atoms with Crippen molar-refractivity contribution in [2.75, 3.05) is 7.11 Å². The van der Waals surface area contributed by atoms with Gasteiger partial charge in [0.2, 0.25) is 0 Å². The van der Waals surface area contributed by atoms with Crippen molar-refractivity contribution < 1.29 is 27.1 Å². The second-order valence-corrected chi connectivity index (χ2v) is 9.11. The maximum Gasteiger partial charge on any atom is 0.497 e. The van der Waals surface area contributed by atoms with Gasteiger partial charge in [0.15, 0.2) is 12.3 Å². The maximum absolute atomic E-state index is 13.6. The minimum Gasteiger partial charge on any atom is -0.496 e. The van der Waals surface area contributed by atoms with Gasteiger partial charge in [-0.2, -0.15) is 9.19 Å². The molecule has 4 rings (SSSR count). The summed E-state index contributed by atoms with van der Waals surface area (Å²) in [6.07, 6.45) is 3.08. The molecule has 0 bridgehead atoms. The number of hydrogen-bond acceptors (Lipinski definition) is 7. The number of carbonyl (C=O) groups excluding carboxylic acids is 1. The number of nitrogens with zero attached hydrogens (tertiary/aromatic N) is 3. The summed E-state index contributed by atoms with van der Waals surface area (Å²) in [4.78, 5) is 17.1. The second kappa shape index (κ2) is 8.58. The van der Waals surface area contributed by atoms with Gasteiger partial charge < -0.3 is 19.4 Å².